The van der Waals surface area contributed by atoms with Crippen LogP contribution in [-0.2, 0) is 17.6 Å². The van der Waals surface area contributed by atoms with Crippen LogP contribution in [0, 0.1) is 5.82 Å². The molecule has 0 saturated carbocycles. The molecule has 0 unspecified atom stereocenters. The molecule has 0 radical (unpaired) electrons. The Hall–Kier alpha value is -1.67. The van der Waals surface area contributed by atoms with Gasteiger partial charge < -0.3 is 0 Å². The summed E-state index contributed by atoms with van der Waals surface area (Å²) in [5, 5.41) is 0.304. The summed E-state index contributed by atoms with van der Waals surface area (Å²) in [5.41, 5.74) is 2.46. The SMILES string of the molecule is CC(C)c1ccc(CC(=O)Cc2c(F)cccc2Cl)cc1. The van der Waals surface area contributed by atoms with Crippen molar-refractivity contribution in [2.45, 2.75) is 32.6 Å². The maximum Gasteiger partial charge on any atom is 0.141 e. The third kappa shape index (κ3) is 4.15. The zero-order valence-electron chi connectivity index (χ0n) is 12.2. The van der Waals surface area contributed by atoms with E-state index >= 15 is 0 Å². The molecule has 0 atom stereocenters. The van der Waals surface area contributed by atoms with Crippen molar-refractivity contribution in [2.75, 3.05) is 0 Å². The number of rotatable bonds is 5. The predicted molar refractivity (Wildman–Crippen MR) is 84.4 cm³/mol. The molecule has 0 aromatic heterocycles. The second-order valence-electron chi connectivity index (χ2n) is 5.49. The van der Waals surface area contributed by atoms with Gasteiger partial charge in [0.1, 0.15) is 11.6 Å². The molecule has 2 aromatic rings. The van der Waals surface area contributed by atoms with Crippen LogP contribution in [0.3, 0.4) is 0 Å². The van der Waals surface area contributed by atoms with Gasteiger partial charge in [-0.05, 0) is 29.2 Å². The number of ketones is 1. The molecule has 0 aliphatic heterocycles. The van der Waals surface area contributed by atoms with E-state index < -0.39 is 5.82 Å². The Morgan fingerprint density at radius 2 is 1.76 bits per heavy atom. The first kappa shape index (κ1) is 15.7. The van der Waals surface area contributed by atoms with Crippen LogP contribution >= 0.6 is 11.6 Å². The molecule has 0 saturated heterocycles. The molecule has 0 fully saturated rings. The molecule has 2 aromatic carbocycles. The third-order valence-electron chi connectivity index (χ3n) is 3.48. The summed E-state index contributed by atoms with van der Waals surface area (Å²) in [6, 6.07) is 12.4. The Kier molecular flexibility index (Phi) is 5.13. The van der Waals surface area contributed by atoms with Gasteiger partial charge in [-0.1, -0.05) is 55.8 Å². The van der Waals surface area contributed by atoms with Crippen LogP contribution in [-0.4, -0.2) is 5.78 Å². The van der Waals surface area contributed by atoms with E-state index in [1.54, 1.807) is 6.07 Å². The number of halogens is 2. The molecule has 21 heavy (non-hydrogen) atoms. The standard InChI is InChI=1S/C18H18ClFO/c1-12(2)14-8-6-13(7-9-14)10-15(21)11-16-17(19)4-3-5-18(16)20/h3-9,12H,10-11H2,1-2H3. The van der Waals surface area contributed by atoms with E-state index in [-0.39, 0.29) is 17.8 Å². The zero-order chi connectivity index (χ0) is 15.4. The zero-order valence-corrected chi connectivity index (χ0v) is 13.0. The summed E-state index contributed by atoms with van der Waals surface area (Å²) < 4.78 is 13.7. The first-order valence-electron chi connectivity index (χ1n) is 7.01. The molecule has 0 bridgehead atoms. The lowest BCUT2D eigenvalue weighted by Gasteiger charge is -2.08. The highest BCUT2D eigenvalue weighted by Crippen LogP contribution is 2.20. The molecule has 0 N–H and O–H groups in total. The molecule has 0 aliphatic rings. The highest BCUT2D eigenvalue weighted by molar-refractivity contribution is 6.31. The van der Waals surface area contributed by atoms with E-state index in [0.717, 1.165) is 5.56 Å². The summed E-state index contributed by atoms with van der Waals surface area (Å²) in [6.45, 7) is 4.25. The lowest BCUT2D eigenvalue weighted by molar-refractivity contribution is -0.117. The number of hydrogen-bond donors (Lipinski definition) is 0. The second-order valence-corrected chi connectivity index (χ2v) is 5.90. The Labute approximate surface area is 129 Å². The van der Waals surface area contributed by atoms with Gasteiger partial charge in [0.2, 0.25) is 0 Å². The van der Waals surface area contributed by atoms with Crippen molar-refractivity contribution < 1.29 is 9.18 Å². The Balaban J connectivity index is 2.05. The quantitative estimate of drug-likeness (QED) is 0.763. The van der Waals surface area contributed by atoms with E-state index in [4.69, 9.17) is 11.6 Å². The molecule has 0 amide bonds. The molecule has 3 heteroatoms. The Bertz CT molecular complexity index is 612. The molecule has 0 spiro atoms. The van der Waals surface area contributed by atoms with Crippen LogP contribution in [0.15, 0.2) is 42.5 Å². The third-order valence-corrected chi connectivity index (χ3v) is 3.84. The highest BCUT2D eigenvalue weighted by atomic mass is 35.5. The highest BCUT2D eigenvalue weighted by Gasteiger charge is 2.12. The van der Waals surface area contributed by atoms with E-state index in [1.807, 2.05) is 24.3 Å². The van der Waals surface area contributed by atoms with E-state index in [1.165, 1.54) is 17.7 Å². The number of carbonyl (C=O) groups is 1. The average molecular weight is 305 g/mol. The van der Waals surface area contributed by atoms with Gasteiger partial charge in [-0.15, -0.1) is 0 Å². The minimum atomic E-state index is -0.425. The average Bonchev–Trinajstić information content (AvgIpc) is 2.43. The van der Waals surface area contributed by atoms with Gasteiger partial charge in [0.25, 0.3) is 0 Å². The number of carbonyl (C=O) groups excluding carboxylic acids is 1. The molecular weight excluding hydrogens is 287 g/mol. The van der Waals surface area contributed by atoms with Gasteiger partial charge in [0, 0.05) is 23.4 Å². The largest absolute Gasteiger partial charge is 0.299 e. The van der Waals surface area contributed by atoms with Gasteiger partial charge in [-0.2, -0.15) is 0 Å². The first-order chi connectivity index (χ1) is 9.97. The smallest absolute Gasteiger partial charge is 0.141 e. The van der Waals surface area contributed by atoms with Crippen LogP contribution < -0.4 is 0 Å². The first-order valence-corrected chi connectivity index (χ1v) is 7.38. The number of Topliss-reactive ketones (excluding diaryl/α,β-unsaturated/α-hetero) is 1. The molecule has 2 rings (SSSR count). The minimum Gasteiger partial charge on any atom is -0.299 e. The van der Waals surface area contributed by atoms with E-state index in [9.17, 15) is 9.18 Å². The van der Waals surface area contributed by atoms with Gasteiger partial charge >= 0.3 is 0 Å². The summed E-state index contributed by atoms with van der Waals surface area (Å²) in [7, 11) is 0. The summed E-state index contributed by atoms with van der Waals surface area (Å²) >= 11 is 5.94. The van der Waals surface area contributed by atoms with Crippen LogP contribution in [0.2, 0.25) is 5.02 Å². The van der Waals surface area contributed by atoms with E-state index in [0.29, 0.717) is 17.4 Å². The minimum absolute atomic E-state index is 0.0252. The monoisotopic (exact) mass is 304 g/mol. The van der Waals surface area contributed by atoms with E-state index in [2.05, 4.69) is 13.8 Å². The van der Waals surface area contributed by atoms with Crippen LogP contribution in [0.25, 0.3) is 0 Å². The van der Waals surface area contributed by atoms with Gasteiger partial charge in [0.15, 0.2) is 0 Å². The molecule has 0 aliphatic carbocycles. The maximum atomic E-state index is 13.7. The van der Waals surface area contributed by atoms with Crippen LogP contribution in [0.5, 0.6) is 0 Å². The molecular formula is C18H18ClFO. The predicted octanol–water partition coefficient (Wildman–Crippen LogP) is 4.96. The van der Waals surface area contributed by atoms with Crippen molar-refractivity contribution in [1.29, 1.82) is 0 Å². The normalized spacial score (nSPS) is 10.9. The lowest BCUT2D eigenvalue weighted by Crippen LogP contribution is -2.08. The number of hydrogen-bond acceptors (Lipinski definition) is 1. The van der Waals surface area contributed by atoms with Crippen molar-refractivity contribution in [3.63, 3.8) is 0 Å². The summed E-state index contributed by atoms with van der Waals surface area (Å²) in [4.78, 5) is 12.1. The lowest BCUT2D eigenvalue weighted by atomic mass is 9.98. The Morgan fingerprint density at radius 3 is 2.33 bits per heavy atom. The van der Waals surface area contributed by atoms with Gasteiger partial charge in [-0.3, -0.25) is 4.79 Å². The molecule has 110 valence electrons. The van der Waals surface area contributed by atoms with Gasteiger partial charge in [0.05, 0.1) is 0 Å². The maximum absolute atomic E-state index is 13.7. The summed E-state index contributed by atoms with van der Waals surface area (Å²) in [5.74, 6) is -0.00252. The van der Waals surface area contributed by atoms with Gasteiger partial charge in [-0.25, -0.2) is 4.39 Å². The van der Waals surface area contributed by atoms with Crippen molar-refractivity contribution >= 4 is 17.4 Å². The van der Waals surface area contributed by atoms with Crippen molar-refractivity contribution in [3.8, 4) is 0 Å². The fourth-order valence-corrected chi connectivity index (χ4v) is 2.44. The molecule has 0 heterocycles. The number of benzene rings is 2. The Morgan fingerprint density at radius 1 is 1.10 bits per heavy atom. The second kappa shape index (κ2) is 6.86. The summed E-state index contributed by atoms with van der Waals surface area (Å²) in [6.07, 6.45) is 0.320. The van der Waals surface area contributed by atoms with Crippen LogP contribution in [0.1, 0.15) is 36.5 Å². The van der Waals surface area contributed by atoms with Crippen molar-refractivity contribution in [1.82, 2.24) is 0 Å². The van der Waals surface area contributed by atoms with Crippen molar-refractivity contribution in [3.05, 3.63) is 70.0 Å². The molecule has 1 nitrogen and oxygen atoms in total. The topological polar surface area (TPSA) is 17.1 Å². The fraction of sp³-hybridized carbons (Fsp3) is 0.278. The fourth-order valence-electron chi connectivity index (χ4n) is 2.21. The van der Waals surface area contributed by atoms with Crippen LogP contribution in [0.4, 0.5) is 4.39 Å². The van der Waals surface area contributed by atoms with Crippen molar-refractivity contribution in [2.24, 2.45) is 0 Å².